The predicted octanol–water partition coefficient (Wildman–Crippen LogP) is 1.94. The molecule has 1 N–H and O–H groups in total. The summed E-state index contributed by atoms with van der Waals surface area (Å²) in [5.41, 5.74) is 0. The van der Waals surface area contributed by atoms with Crippen LogP contribution in [0.3, 0.4) is 0 Å². The van der Waals surface area contributed by atoms with E-state index in [1.54, 1.807) is 0 Å². The summed E-state index contributed by atoms with van der Waals surface area (Å²) in [5.74, 6) is 0.786. The van der Waals surface area contributed by atoms with Crippen LogP contribution in [0.2, 0.25) is 0 Å². The van der Waals surface area contributed by atoms with Crippen LogP contribution in [0.25, 0.3) is 0 Å². The third-order valence-corrected chi connectivity index (χ3v) is 4.30. The summed E-state index contributed by atoms with van der Waals surface area (Å²) in [6, 6.07) is 0.205. The maximum atomic E-state index is 12.3. The van der Waals surface area contributed by atoms with Crippen molar-refractivity contribution in [3.8, 4) is 0 Å². The molecular weight excluding hydrogens is 240 g/mol. The first-order chi connectivity index (χ1) is 9.08. The van der Waals surface area contributed by atoms with Gasteiger partial charge in [-0.3, -0.25) is 9.59 Å². The molecule has 0 spiro atoms. The van der Waals surface area contributed by atoms with Crippen molar-refractivity contribution in [3.05, 3.63) is 0 Å². The summed E-state index contributed by atoms with van der Waals surface area (Å²) >= 11 is 0. The monoisotopic (exact) mass is 266 g/mol. The molecule has 0 unspecified atom stereocenters. The maximum absolute atomic E-state index is 12.3. The standard InChI is InChI=1S/C15H26N2O2/c1-11(2)16-14(18)12-5-7-13(8-6-12)15(19)17-9-3-4-10-17/h11-13H,3-10H2,1-2H3,(H,16,18). The number of hydrogen-bond acceptors (Lipinski definition) is 2. The van der Waals surface area contributed by atoms with E-state index in [1.807, 2.05) is 18.7 Å². The largest absolute Gasteiger partial charge is 0.354 e. The van der Waals surface area contributed by atoms with Crippen molar-refractivity contribution in [2.45, 2.75) is 58.4 Å². The van der Waals surface area contributed by atoms with Gasteiger partial charge in [-0.1, -0.05) is 0 Å². The molecule has 2 amide bonds. The lowest BCUT2D eigenvalue weighted by Crippen LogP contribution is -2.40. The number of likely N-dealkylation sites (tertiary alicyclic amines) is 1. The Labute approximate surface area is 115 Å². The van der Waals surface area contributed by atoms with Crippen LogP contribution in [0.4, 0.5) is 0 Å². The highest BCUT2D eigenvalue weighted by atomic mass is 16.2. The second kappa shape index (κ2) is 6.40. The number of carbonyl (C=O) groups is 2. The average molecular weight is 266 g/mol. The number of nitrogens with one attached hydrogen (secondary N) is 1. The van der Waals surface area contributed by atoms with Gasteiger partial charge in [-0.2, -0.15) is 0 Å². The predicted molar refractivity (Wildman–Crippen MR) is 74.5 cm³/mol. The smallest absolute Gasteiger partial charge is 0.225 e. The Morgan fingerprint density at radius 1 is 1.00 bits per heavy atom. The molecule has 0 aromatic rings. The number of hydrogen-bond donors (Lipinski definition) is 1. The molecule has 0 bridgehead atoms. The van der Waals surface area contributed by atoms with Crippen LogP contribution in [-0.4, -0.2) is 35.8 Å². The minimum absolute atomic E-state index is 0.116. The van der Waals surface area contributed by atoms with E-state index in [9.17, 15) is 9.59 Å². The Morgan fingerprint density at radius 3 is 2.05 bits per heavy atom. The van der Waals surface area contributed by atoms with E-state index in [4.69, 9.17) is 0 Å². The number of amides is 2. The van der Waals surface area contributed by atoms with Gasteiger partial charge < -0.3 is 10.2 Å². The third kappa shape index (κ3) is 3.71. The van der Waals surface area contributed by atoms with Crippen molar-refractivity contribution in [2.75, 3.05) is 13.1 Å². The molecule has 0 aromatic carbocycles. The van der Waals surface area contributed by atoms with Crippen molar-refractivity contribution in [1.82, 2.24) is 10.2 Å². The molecule has 0 radical (unpaired) electrons. The highest BCUT2D eigenvalue weighted by Crippen LogP contribution is 2.31. The summed E-state index contributed by atoms with van der Waals surface area (Å²) in [6.07, 6.45) is 5.79. The normalized spacial score (nSPS) is 27.6. The molecule has 2 fully saturated rings. The van der Waals surface area contributed by atoms with E-state index >= 15 is 0 Å². The fourth-order valence-electron chi connectivity index (χ4n) is 3.20. The van der Waals surface area contributed by atoms with Crippen LogP contribution in [0.5, 0.6) is 0 Å². The van der Waals surface area contributed by atoms with E-state index < -0.39 is 0 Å². The van der Waals surface area contributed by atoms with E-state index in [0.29, 0.717) is 5.91 Å². The number of carbonyl (C=O) groups excluding carboxylic acids is 2. The van der Waals surface area contributed by atoms with Gasteiger partial charge in [0.15, 0.2) is 0 Å². The Hall–Kier alpha value is -1.06. The summed E-state index contributed by atoms with van der Waals surface area (Å²) in [4.78, 5) is 26.2. The lowest BCUT2D eigenvalue weighted by atomic mass is 9.81. The van der Waals surface area contributed by atoms with Crippen LogP contribution in [0.1, 0.15) is 52.4 Å². The van der Waals surface area contributed by atoms with Crippen LogP contribution < -0.4 is 5.32 Å². The van der Waals surface area contributed by atoms with Gasteiger partial charge in [0.05, 0.1) is 0 Å². The second-order valence-corrected chi connectivity index (χ2v) is 6.24. The van der Waals surface area contributed by atoms with Gasteiger partial charge in [0.25, 0.3) is 0 Å². The molecule has 108 valence electrons. The van der Waals surface area contributed by atoms with Crippen molar-refractivity contribution in [2.24, 2.45) is 11.8 Å². The fraction of sp³-hybridized carbons (Fsp3) is 0.867. The van der Waals surface area contributed by atoms with Crippen LogP contribution in [-0.2, 0) is 9.59 Å². The molecule has 0 aromatic heterocycles. The van der Waals surface area contributed by atoms with Gasteiger partial charge in [0.1, 0.15) is 0 Å². The molecular formula is C15H26N2O2. The molecule has 4 nitrogen and oxygen atoms in total. The first-order valence-corrected chi connectivity index (χ1v) is 7.67. The minimum Gasteiger partial charge on any atom is -0.354 e. The summed E-state index contributed by atoms with van der Waals surface area (Å²) in [5, 5.41) is 2.98. The zero-order valence-corrected chi connectivity index (χ0v) is 12.2. The number of rotatable bonds is 3. The van der Waals surface area contributed by atoms with Gasteiger partial charge in [0, 0.05) is 31.0 Å². The topological polar surface area (TPSA) is 49.4 Å². The van der Waals surface area contributed by atoms with Crippen molar-refractivity contribution in [3.63, 3.8) is 0 Å². The van der Waals surface area contributed by atoms with Crippen molar-refractivity contribution >= 4 is 11.8 Å². The molecule has 1 saturated heterocycles. The number of nitrogens with zero attached hydrogens (tertiary/aromatic N) is 1. The molecule has 1 heterocycles. The molecule has 2 aliphatic rings. The molecule has 1 aliphatic carbocycles. The van der Waals surface area contributed by atoms with Crippen LogP contribution in [0.15, 0.2) is 0 Å². The van der Waals surface area contributed by atoms with Gasteiger partial charge >= 0.3 is 0 Å². The third-order valence-electron chi connectivity index (χ3n) is 4.30. The van der Waals surface area contributed by atoms with Gasteiger partial charge in [-0.15, -0.1) is 0 Å². The molecule has 4 heteroatoms. The van der Waals surface area contributed by atoms with Crippen molar-refractivity contribution in [1.29, 1.82) is 0 Å². The summed E-state index contributed by atoms with van der Waals surface area (Å²) in [6.45, 7) is 5.85. The van der Waals surface area contributed by atoms with Crippen molar-refractivity contribution < 1.29 is 9.59 Å². The summed E-state index contributed by atoms with van der Waals surface area (Å²) < 4.78 is 0. The quantitative estimate of drug-likeness (QED) is 0.848. The Morgan fingerprint density at radius 2 is 1.53 bits per heavy atom. The van der Waals surface area contributed by atoms with Gasteiger partial charge in [0.2, 0.25) is 11.8 Å². The van der Waals surface area contributed by atoms with E-state index in [0.717, 1.165) is 51.6 Å². The highest BCUT2D eigenvalue weighted by Gasteiger charge is 2.32. The molecule has 2 rings (SSSR count). The zero-order valence-electron chi connectivity index (χ0n) is 12.2. The van der Waals surface area contributed by atoms with Gasteiger partial charge in [-0.05, 0) is 52.4 Å². The van der Waals surface area contributed by atoms with E-state index in [-0.39, 0.29) is 23.8 Å². The molecule has 1 saturated carbocycles. The molecule has 1 aliphatic heterocycles. The minimum atomic E-state index is 0.116. The van der Waals surface area contributed by atoms with Gasteiger partial charge in [-0.25, -0.2) is 0 Å². The Kier molecular flexibility index (Phi) is 4.83. The van der Waals surface area contributed by atoms with Crippen LogP contribution >= 0.6 is 0 Å². The lowest BCUT2D eigenvalue weighted by molar-refractivity contribution is -0.137. The first kappa shape index (κ1) is 14.4. The summed E-state index contributed by atoms with van der Waals surface area (Å²) in [7, 11) is 0. The Balaban J connectivity index is 1.78. The Bertz CT molecular complexity index is 327. The highest BCUT2D eigenvalue weighted by molar-refractivity contribution is 5.81. The molecule has 19 heavy (non-hydrogen) atoms. The average Bonchev–Trinajstić information content (AvgIpc) is 2.91. The SMILES string of the molecule is CC(C)NC(=O)C1CCC(C(=O)N2CCCC2)CC1. The van der Waals surface area contributed by atoms with E-state index in [1.165, 1.54) is 0 Å². The lowest BCUT2D eigenvalue weighted by Gasteiger charge is -2.30. The van der Waals surface area contributed by atoms with E-state index in [2.05, 4.69) is 5.32 Å². The zero-order chi connectivity index (χ0) is 13.8. The van der Waals surface area contributed by atoms with Crippen LogP contribution in [0, 0.1) is 11.8 Å². The second-order valence-electron chi connectivity index (χ2n) is 6.24. The maximum Gasteiger partial charge on any atom is 0.225 e. The fourth-order valence-corrected chi connectivity index (χ4v) is 3.20. The first-order valence-electron chi connectivity index (χ1n) is 7.67. The molecule has 0 atom stereocenters.